The number of nitrogens with zero attached hydrogens (tertiary/aromatic N) is 3. The minimum absolute atomic E-state index is 0.0132. The molecule has 4 heteroatoms. The molecule has 6 aliphatic carbocycles. The van der Waals surface area contributed by atoms with Gasteiger partial charge in [-0.1, -0.05) is 153 Å². The maximum Gasteiger partial charge on any atom is 0.141 e. The van der Waals surface area contributed by atoms with E-state index in [-0.39, 0.29) is 47.2 Å². The number of fused-ring (bicyclic) bond motifs is 13. The third kappa shape index (κ3) is 4.19. The van der Waals surface area contributed by atoms with Crippen LogP contribution in [0, 0.1) is 23.7 Å². The molecule has 52 heavy (non-hydrogen) atoms. The molecule has 4 nitrogen and oxygen atoms in total. The summed E-state index contributed by atoms with van der Waals surface area (Å²) in [5.74, 6) is 3.13. The molecule has 1 spiro atoms. The predicted molar refractivity (Wildman–Crippen MR) is 211 cm³/mol. The minimum atomic E-state index is -0.192. The number of hydrogen-bond donors (Lipinski definition) is 0. The smallest absolute Gasteiger partial charge is 0.141 e. The van der Waals surface area contributed by atoms with Gasteiger partial charge in [-0.15, -0.1) is 0 Å². The summed E-state index contributed by atoms with van der Waals surface area (Å²) in [4.78, 5) is 10.9. The number of rotatable bonds is 3. The molecule has 7 unspecified atom stereocenters. The molecule has 11 rings (SSSR count). The highest BCUT2D eigenvalue weighted by atomic mass is 16.5. The second-order valence-electron chi connectivity index (χ2n) is 15.5. The Morgan fingerprint density at radius 1 is 0.692 bits per heavy atom. The lowest BCUT2D eigenvalue weighted by Crippen LogP contribution is -2.58. The van der Waals surface area contributed by atoms with Crippen LogP contribution in [0.5, 0.6) is 0 Å². The monoisotopic (exact) mass is 675 g/mol. The lowest BCUT2D eigenvalue weighted by atomic mass is 9.52. The average Bonchev–Trinajstić information content (AvgIpc) is 3.69. The fourth-order valence-electron chi connectivity index (χ4n) is 10.8. The van der Waals surface area contributed by atoms with Crippen molar-refractivity contribution in [2.45, 2.75) is 49.2 Å². The van der Waals surface area contributed by atoms with Crippen LogP contribution in [0.25, 0.3) is 33.2 Å². The summed E-state index contributed by atoms with van der Waals surface area (Å²) in [6.07, 6.45) is 45.4. The van der Waals surface area contributed by atoms with E-state index in [1.165, 1.54) is 38.5 Å². The van der Waals surface area contributed by atoms with Gasteiger partial charge in [-0.25, -0.2) is 9.97 Å². The molecule has 1 aliphatic heterocycles. The van der Waals surface area contributed by atoms with E-state index in [0.29, 0.717) is 5.92 Å². The van der Waals surface area contributed by atoms with Gasteiger partial charge in [0, 0.05) is 45.9 Å². The molecule has 0 radical (unpaired) electrons. The summed E-state index contributed by atoms with van der Waals surface area (Å²) in [5, 5.41) is 2.54. The number of allylic oxidation sites excluding steroid dienone is 16. The van der Waals surface area contributed by atoms with Crippen molar-refractivity contribution in [1.82, 2.24) is 14.5 Å². The van der Waals surface area contributed by atoms with E-state index in [2.05, 4.69) is 169 Å². The number of hydrogen-bond acceptors (Lipinski definition) is 3. The Labute approximate surface area is 305 Å². The molecule has 254 valence electrons. The van der Waals surface area contributed by atoms with Gasteiger partial charge in [0.25, 0.3) is 0 Å². The fraction of sp³-hybridized carbons (Fsp3) is 0.250. The number of aromatic nitrogens is 3. The maximum absolute atomic E-state index is 6.89. The van der Waals surface area contributed by atoms with E-state index in [4.69, 9.17) is 14.7 Å². The number of para-hydroxylation sites is 1. The van der Waals surface area contributed by atoms with Gasteiger partial charge in [-0.3, -0.25) is 4.57 Å². The lowest BCUT2D eigenvalue weighted by molar-refractivity contribution is -0.103. The minimum Gasteiger partial charge on any atom is -0.366 e. The second-order valence-corrected chi connectivity index (χ2v) is 15.5. The normalized spacial score (nSPS) is 33.1. The molecule has 0 saturated carbocycles. The van der Waals surface area contributed by atoms with Crippen molar-refractivity contribution < 1.29 is 4.74 Å². The van der Waals surface area contributed by atoms with Crippen molar-refractivity contribution in [2.24, 2.45) is 23.7 Å². The molecular formula is C48H41N3O. The number of benzene rings is 2. The first-order chi connectivity index (χ1) is 25.7. The summed E-state index contributed by atoms with van der Waals surface area (Å²) in [6, 6.07) is 16.1. The highest BCUT2D eigenvalue weighted by Crippen LogP contribution is 2.66. The second kappa shape index (κ2) is 11.6. The van der Waals surface area contributed by atoms with Crippen molar-refractivity contribution in [3.8, 4) is 5.82 Å². The van der Waals surface area contributed by atoms with Crippen LogP contribution in [0.1, 0.15) is 54.2 Å². The number of ether oxygens (including phenoxy) is 1. The third-order valence-corrected chi connectivity index (χ3v) is 13.0. The predicted octanol–water partition coefficient (Wildman–Crippen LogP) is 10.5. The van der Waals surface area contributed by atoms with E-state index < -0.39 is 0 Å². The Morgan fingerprint density at radius 3 is 2.17 bits per heavy atom. The zero-order valence-electron chi connectivity index (χ0n) is 29.3. The van der Waals surface area contributed by atoms with Crippen LogP contribution < -0.4 is 0 Å². The zero-order chi connectivity index (χ0) is 34.4. The molecule has 0 bridgehead atoms. The van der Waals surface area contributed by atoms with Crippen LogP contribution in [0.15, 0.2) is 158 Å². The van der Waals surface area contributed by atoms with Gasteiger partial charge < -0.3 is 4.74 Å². The van der Waals surface area contributed by atoms with Crippen molar-refractivity contribution in [1.29, 1.82) is 0 Å². The fourth-order valence-corrected chi connectivity index (χ4v) is 10.8. The topological polar surface area (TPSA) is 39.9 Å². The van der Waals surface area contributed by atoms with Gasteiger partial charge in [0.1, 0.15) is 11.6 Å². The first-order valence-corrected chi connectivity index (χ1v) is 19.1. The lowest BCUT2D eigenvalue weighted by Gasteiger charge is -2.56. The molecule has 3 heterocycles. The molecule has 2 aromatic heterocycles. The molecule has 4 aromatic rings. The van der Waals surface area contributed by atoms with Crippen molar-refractivity contribution >= 4 is 27.4 Å². The summed E-state index contributed by atoms with van der Waals surface area (Å²) >= 11 is 0. The SMILES string of the molecule is CC1C=CC=C[C@@H]1c1nc(C2=CC=CCC2)cc(-n2c3ccccc3c3ccc4c(c32)C2C=CC=CC2C42C3C=CC=CC3OC3C=CC=CC32)n1. The van der Waals surface area contributed by atoms with Gasteiger partial charge in [0.05, 0.1) is 28.9 Å². The molecule has 0 N–H and O–H groups in total. The van der Waals surface area contributed by atoms with Gasteiger partial charge in [0.2, 0.25) is 0 Å². The maximum atomic E-state index is 6.89. The highest BCUT2D eigenvalue weighted by Gasteiger charge is 2.64. The van der Waals surface area contributed by atoms with Crippen LogP contribution in [-0.2, 0) is 10.2 Å². The molecule has 0 amide bonds. The first-order valence-electron chi connectivity index (χ1n) is 19.1. The van der Waals surface area contributed by atoms with Crippen LogP contribution in [0.4, 0.5) is 0 Å². The van der Waals surface area contributed by atoms with Crippen molar-refractivity contribution in [3.05, 3.63) is 181 Å². The van der Waals surface area contributed by atoms with Crippen LogP contribution in [0.3, 0.4) is 0 Å². The summed E-state index contributed by atoms with van der Waals surface area (Å²) < 4.78 is 9.39. The van der Waals surface area contributed by atoms with Crippen LogP contribution in [-0.4, -0.2) is 26.7 Å². The van der Waals surface area contributed by atoms with E-state index in [0.717, 1.165) is 30.2 Å². The van der Waals surface area contributed by atoms with Crippen LogP contribution >= 0.6 is 0 Å². The van der Waals surface area contributed by atoms with Crippen LogP contribution in [0.2, 0.25) is 0 Å². The molecule has 2 aromatic carbocycles. The standard InChI is InChI=1S/C48H41N3O/c1-30-15-5-6-18-32(30)47-49-40(31-16-3-2-4-17-31)29-44(50-47)51-41-24-12-8-19-33(41)34-27-28-39-45(46(34)51)35-20-7-9-21-36(35)48(39)37-22-10-13-25-42(37)52-43-26-14-11-23-38(43)48/h2-3,5-16,18-30,32,35-38,42-43H,4,17H2,1H3/t30?,32-,35?,36?,37?,38?,42?,43?,48?/m0/s1. The van der Waals surface area contributed by atoms with Crippen molar-refractivity contribution in [2.75, 3.05) is 0 Å². The molecule has 7 aliphatic rings. The van der Waals surface area contributed by atoms with E-state index in [1.54, 1.807) is 0 Å². The largest absolute Gasteiger partial charge is 0.366 e. The third-order valence-electron chi connectivity index (χ3n) is 13.0. The quantitative estimate of drug-likeness (QED) is 0.217. The Bertz CT molecular complexity index is 2440. The Morgan fingerprint density at radius 2 is 1.40 bits per heavy atom. The molecular weight excluding hydrogens is 635 g/mol. The van der Waals surface area contributed by atoms with Gasteiger partial charge in [-0.2, -0.15) is 0 Å². The van der Waals surface area contributed by atoms with Gasteiger partial charge in [0.15, 0.2) is 0 Å². The van der Waals surface area contributed by atoms with Gasteiger partial charge >= 0.3 is 0 Å². The van der Waals surface area contributed by atoms with Crippen molar-refractivity contribution in [3.63, 3.8) is 0 Å². The average molecular weight is 676 g/mol. The summed E-state index contributed by atoms with van der Waals surface area (Å²) in [7, 11) is 0. The highest BCUT2D eigenvalue weighted by molar-refractivity contribution is 6.11. The molecule has 1 fully saturated rings. The summed E-state index contributed by atoms with van der Waals surface area (Å²) in [6.45, 7) is 2.27. The van der Waals surface area contributed by atoms with E-state index in [9.17, 15) is 0 Å². The Kier molecular flexibility index (Phi) is 6.76. The Balaban J connectivity index is 1.23. The molecule has 1 saturated heterocycles. The molecule has 8 atom stereocenters. The zero-order valence-corrected chi connectivity index (χ0v) is 29.3. The Hall–Kier alpha value is -5.32. The van der Waals surface area contributed by atoms with Gasteiger partial charge in [-0.05, 0) is 47.4 Å². The first kappa shape index (κ1) is 30.3. The van der Waals surface area contributed by atoms with E-state index in [1.807, 2.05) is 0 Å². The van der Waals surface area contributed by atoms with E-state index >= 15 is 0 Å². The summed E-state index contributed by atoms with van der Waals surface area (Å²) in [5.41, 5.74) is 7.45.